The molecule has 1 N–H and O–H groups in total. The average molecular weight is 516 g/mol. The molecule has 8 heteroatoms. The molecule has 7 nitrogen and oxygen atoms in total. The summed E-state index contributed by atoms with van der Waals surface area (Å²) in [5.41, 5.74) is 4.46. The number of carbonyl (C=O) groups is 1. The van der Waals surface area contributed by atoms with E-state index in [-0.39, 0.29) is 23.1 Å². The van der Waals surface area contributed by atoms with Gasteiger partial charge in [0.05, 0.1) is 17.9 Å². The molecule has 4 aromatic rings. The van der Waals surface area contributed by atoms with Crippen LogP contribution in [-0.2, 0) is 23.3 Å². The number of amides is 1. The summed E-state index contributed by atoms with van der Waals surface area (Å²) in [6, 6.07) is 20.6. The molecule has 0 saturated carbocycles. The topological polar surface area (TPSA) is 80.6 Å². The first kappa shape index (κ1) is 23.8. The highest BCUT2D eigenvalue weighted by Gasteiger charge is 2.31. The summed E-state index contributed by atoms with van der Waals surface area (Å²) in [5, 5.41) is 3.97. The van der Waals surface area contributed by atoms with E-state index in [1.165, 1.54) is 25.3 Å². The van der Waals surface area contributed by atoms with Crippen molar-refractivity contribution >= 4 is 26.9 Å². The molecule has 2 aliphatic rings. The number of benzene rings is 3. The Hall–Kier alpha value is -3.62. The van der Waals surface area contributed by atoms with E-state index in [0.717, 1.165) is 41.9 Å². The predicted octanol–water partition coefficient (Wildman–Crippen LogP) is 5.07. The maximum Gasteiger partial charge on any atom is 0.339 e. The van der Waals surface area contributed by atoms with E-state index in [2.05, 4.69) is 33.0 Å². The van der Waals surface area contributed by atoms with Gasteiger partial charge in [0, 0.05) is 28.6 Å². The Kier molecular flexibility index (Phi) is 6.01. The van der Waals surface area contributed by atoms with Crippen LogP contribution in [0.5, 0.6) is 5.75 Å². The van der Waals surface area contributed by atoms with Crippen LogP contribution < -0.4 is 9.50 Å². The molecule has 37 heavy (non-hydrogen) atoms. The molecule has 1 fully saturated rings. The second-order valence-electron chi connectivity index (χ2n) is 9.79. The van der Waals surface area contributed by atoms with Crippen molar-refractivity contribution in [2.75, 3.05) is 13.1 Å². The molecule has 190 valence electrons. The second kappa shape index (κ2) is 9.36. The lowest BCUT2D eigenvalue weighted by Crippen LogP contribution is -2.31. The van der Waals surface area contributed by atoms with Crippen molar-refractivity contribution in [2.24, 2.45) is 0 Å². The van der Waals surface area contributed by atoms with Crippen LogP contribution >= 0.6 is 0 Å². The second-order valence-corrected chi connectivity index (χ2v) is 11.3. The average Bonchev–Trinajstić information content (AvgIpc) is 3.46. The molecular formula is C29H29N3O4S. The number of para-hydroxylation sites is 1. The summed E-state index contributed by atoms with van der Waals surface area (Å²) >= 11 is 0. The zero-order valence-corrected chi connectivity index (χ0v) is 21.6. The van der Waals surface area contributed by atoms with E-state index < -0.39 is 10.1 Å². The number of fused-ring (bicyclic) bond motifs is 2. The van der Waals surface area contributed by atoms with Crippen LogP contribution in [0, 0.1) is 6.92 Å². The van der Waals surface area contributed by atoms with Gasteiger partial charge in [-0.05, 0) is 68.8 Å². The lowest BCUT2D eigenvalue weighted by Gasteiger charge is -2.28. The molecule has 0 aliphatic carbocycles. The lowest BCUT2D eigenvalue weighted by molar-refractivity contribution is 0.0966. The summed E-state index contributed by atoms with van der Waals surface area (Å²) in [5.74, 6) is -0.0439. The number of aryl methyl sites for hydroxylation is 1. The molecule has 6 rings (SSSR count). The Morgan fingerprint density at radius 1 is 0.946 bits per heavy atom. The maximum absolute atomic E-state index is 13.1. The minimum atomic E-state index is -4.06. The van der Waals surface area contributed by atoms with Gasteiger partial charge in [0.25, 0.3) is 5.91 Å². The van der Waals surface area contributed by atoms with Crippen LogP contribution in [0.1, 0.15) is 40.7 Å². The number of rotatable bonds is 6. The molecule has 0 bridgehead atoms. The summed E-state index contributed by atoms with van der Waals surface area (Å²) in [4.78, 5) is 15.7. The van der Waals surface area contributed by atoms with Gasteiger partial charge < -0.3 is 14.1 Å². The number of likely N-dealkylation sites (tertiary alicyclic amines) is 1. The molecule has 0 radical (unpaired) electrons. The number of hydrogen-bond donors (Lipinski definition) is 1. The standard InChI is InChI=1S/C29H29N3O4S/c1-20-9-3-6-12-27(20)37(34,35)36-26-14-13-22(28-23(26)18-30-29(28)33)25-17-21-10-4-5-11-24(21)32(25)19-31-15-7-2-8-16-31/h3-6,9-14,17H,2,7-8,15-16,18-19H2,1H3,(H,30,33). The Morgan fingerprint density at radius 2 is 1.70 bits per heavy atom. The van der Waals surface area contributed by atoms with E-state index in [9.17, 15) is 13.2 Å². The van der Waals surface area contributed by atoms with Crippen LogP contribution in [0.3, 0.4) is 0 Å². The summed E-state index contributed by atoms with van der Waals surface area (Å²) in [7, 11) is -4.06. The molecular weight excluding hydrogens is 486 g/mol. The molecule has 2 aliphatic heterocycles. The number of hydrogen-bond acceptors (Lipinski definition) is 5. The first-order valence-electron chi connectivity index (χ1n) is 12.7. The van der Waals surface area contributed by atoms with E-state index in [0.29, 0.717) is 16.7 Å². The van der Waals surface area contributed by atoms with E-state index in [4.69, 9.17) is 4.18 Å². The largest absolute Gasteiger partial charge is 0.379 e. The van der Waals surface area contributed by atoms with Gasteiger partial charge in [-0.15, -0.1) is 0 Å². The number of piperidine rings is 1. The van der Waals surface area contributed by atoms with E-state index in [1.54, 1.807) is 31.2 Å². The van der Waals surface area contributed by atoms with Crippen LogP contribution in [0.2, 0.25) is 0 Å². The first-order chi connectivity index (χ1) is 17.9. The molecule has 1 aromatic heterocycles. The molecule has 0 spiro atoms. The smallest absolute Gasteiger partial charge is 0.339 e. The fourth-order valence-electron chi connectivity index (χ4n) is 5.50. The van der Waals surface area contributed by atoms with Crippen molar-refractivity contribution in [1.82, 2.24) is 14.8 Å². The maximum atomic E-state index is 13.1. The minimum Gasteiger partial charge on any atom is -0.379 e. The normalized spacial score (nSPS) is 16.1. The van der Waals surface area contributed by atoms with Crippen LogP contribution in [-0.4, -0.2) is 36.9 Å². The van der Waals surface area contributed by atoms with Gasteiger partial charge in [0.2, 0.25) is 0 Å². The fraction of sp³-hybridized carbons (Fsp3) is 0.276. The number of nitrogens with zero attached hydrogens (tertiary/aromatic N) is 2. The Balaban J connectivity index is 1.45. The minimum absolute atomic E-state index is 0.117. The van der Waals surface area contributed by atoms with Gasteiger partial charge in [0.1, 0.15) is 10.6 Å². The van der Waals surface area contributed by atoms with Gasteiger partial charge in [-0.1, -0.05) is 42.8 Å². The molecule has 3 heterocycles. The van der Waals surface area contributed by atoms with E-state index in [1.807, 2.05) is 18.2 Å². The monoisotopic (exact) mass is 515 g/mol. The highest BCUT2D eigenvalue weighted by atomic mass is 32.2. The van der Waals surface area contributed by atoms with Crippen molar-refractivity contribution in [3.63, 3.8) is 0 Å². The van der Waals surface area contributed by atoms with Crippen LogP contribution in [0.25, 0.3) is 22.2 Å². The molecule has 1 amide bonds. The molecule has 3 aromatic carbocycles. The van der Waals surface area contributed by atoms with Crippen molar-refractivity contribution in [1.29, 1.82) is 0 Å². The van der Waals surface area contributed by atoms with Crippen molar-refractivity contribution in [3.8, 4) is 17.0 Å². The highest BCUT2D eigenvalue weighted by molar-refractivity contribution is 7.87. The first-order valence-corrected chi connectivity index (χ1v) is 14.1. The summed E-state index contributed by atoms with van der Waals surface area (Å²) in [6.45, 7) is 4.78. The predicted molar refractivity (Wildman–Crippen MR) is 143 cm³/mol. The molecule has 0 atom stereocenters. The van der Waals surface area contributed by atoms with Gasteiger partial charge in [0.15, 0.2) is 0 Å². The Bertz CT molecular complexity index is 1620. The van der Waals surface area contributed by atoms with Crippen LogP contribution in [0.4, 0.5) is 0 Å². The lowest BCUT2D eigenvalue weighted by atomic mass is 9.99. The SMILES string of the molecule is Cc1ccccc1S(=O)(=O)Oc1ccc(-c2cc3ccccc3n2CN2CCCCC2)c2c1CNC2=O. The number of nitrogens with one attached hydrogen (secondary N) is 1. The van der Waals surface area contributed by atoms with E-state index >= 15 is 0 Å². The van der Waals surface area contributed by atoms with Gasteiger partial charge >= 0.3 is 10.1 Å². The summed E-state index contributed by atoms with van der Waals surface area (Å²) in [6.07, 6.45) is 3.64. The van der Waals surface area contributed by atoms with Gasteiger partial charge in [-0.25, -0.2) is 0 Å². The number of aromatic nitrogens is 1. The van der Waals surface area contributed by atoms with Crippen molar-refractivity contribution in [3.05, 3.63) is 83.4 Å². The third kappa shape index (κ3) is 4.30. The summed E-state index contributed by atoms with van der Waals surface area (Å²) < 4.78 is 34.1. The Morgan fingerprint density at radius 3 is 2.51 bits per heavy atom. The fourth-order valence-corrected chi connectivity index (χ4v) is 6.69. The Labute approximate surface area is 216 Å². The zero-order valence-electron chi connectivity index (χ0n) is 20.7. The molecule has 0 unspecified atom stereocenters. The van der Waals surface area contributed by atoms with Crippen molar-refractivity contribution in [2.45, 2.75) is 44.3 Å². The quantitative estimate of drug-likeness (QED) is 0.363. The third-order valence-electron chi connectivity index (χ3n) is 7.36. The van der Waals surface area contributed by atoms with Crippen molar-refractivity contribution < 1.29 is 17.4 Å². The third-order valence-corrected chi connectivity index (χ3v) is 8.76. The highest BCUT2D eigenvalue weighted by Crippen LogP contribution is 2.39. The molecule has 1 saturated heterocycles. The number of carbonyl (C=O) groups excluding carboxylic acids is 1. The van der Waals surface area contributed by atoms with Gasteiger partial charge in [-0.3, -0.25) is 9.69 Å². The zero-order chi connectivity index (χ0) is 25.6. The van der Waals surface area contributed by atoms with Gasteiger partial charge in [-0.2, -0.15) is 8.42 Å². The van der Waals surface area contributed by atoms with Crippen LogP contribution in [0.15, 0.2) is 71.6 Å².